The van der Waals surface area contributed by atoms with Gasteiger partial charge in [-0.3, -0.25) is 4.79 Å². The summed E-state index contributed by atoms with van der Waals surface area (Å²) in [6.07, 6.45) is 1.91. The zero-order chi connectivity index (χ0) is 17.6. The fraction of sp³-hybridized carbons (Fsp3) is 0.625. The zero-order valence-corrected chi connectivity index (χ0v) is 14.6. The summed E-state index contributed by atoms with van der Waals surface area (Å²) in [6.45, 7) is 10.3. The Kier molecular flexibility index (Phi) is 6.48. The number of nitrogens with zero attached hydrogens (tertiary/aromatic N) is 1. The van der Waals surface area contributed by atoms with Gasteiger partial charge in [-0.2, -0.15) is 0 Å². The van der Waals surface area contributed by atoms with Crippen LogP contribution in [-0.4, -0.2) is 35.3 Å². The van der Waals surface area contributed by atoms with E-state index in [1.807, 2.05) is 39.2 Å². The second kappa shape index (κ2) is 7.89. The molecule has 0 saturated carbocycles. The summed E-state index contributed by atoms with van der Waals surface area (Å²) >= 11 is 0. The van der Waals surface area contributed by atoms with Crippen LogP contribution < -0.4 is 16.4 Å². The van der Waals surface area contributed by atoms with Crippen LogP contribution in [0.1, 0.15) is 57.6 Å². The first-order valence-corrected chi connectivity index (χ1v) is 7.82. The Morgan fingerprint density at radius 1 is 1.26 bits per heavy atom. The fourth-order valence-electron chi connectivity index (χ4n) is 2.00. The number of ether oxygens (including phenoxy) is 1. The highest BCUT2D eigenvalue weighted by molar-refractivity contribution is 5.93. The maximum absolute atomic E-state index is 12.2. The maximum atomic E-state index is 12.2. The van der Waals surface area contributed by atoms with E-state index in [1.165, 1.54) is 0 Å². The van der Waals surface area contributed by atoms with E-state index in [0.29, 0.717) is 30.9 Å². The Morgan fingerprint density at radius 3 is 2.43 bits per heavy atom. The molecule has 1 rings (SSSR count). The van der Waals surface area contributed by atoms with E-state index in [2.05, 4.69) is 10.6 Å². The molecule has 0 unspecified atom stereocenters. The minimum absolute atomic E-state index is 0.155. The van der Waals surface area contributed by atoms with Gasteiger partial charge < -0.3 is 25.7 Å². The molecule has 1 aromatic rings. The quantitative estimate of drug-likeness (QED) is 0.699. The van der Waals surface area contributed by atoms with Gasteiger partial charge in [0.15, 0.2) is 0 Å². The smallest absolute Gasteiger partial charge is 0.407 e. The lowest BCUT2D eigenvalue weighted by molar-refractivity contribution is 0.0527. The largest absolute Gasteiger partial charge is 0.444 e. The second-order valence-electron chi connectivity index (χ2n) is 6.70. The number of anilines is 1. The van der Waals surface area contributed by atoms with Gasteiger partial charge >= 0.3 is 6.09 Å². The van der Waals surface area contributed by atoms with Crippen molar-refractivity contribution in [3.8, 4) is 0 Å². The summed E-state index contributed by atoms with van der Waals surface area (Å²) in [5.74, 6) is -0.173. The molecular weight excluding hydrogens is 296 g/mol. The van der Waals surface area contributed by atoms with Crippen molar-refractivity contribution in [3.63, 3.8) is 0 Å². The predicted octanol–water partition coefficient (Wildman–Crippen LogP) is 2.30. The number of nitrogens with one attached hydrogen (secondary N) is 2. The molecule has 2 amide bonds. The van der Waals surface area contributed by atoms with Crippen molar-refractivity contribution in [2.24, 2.45) is 0 Å². The average molecular weight is 324 g/mol. The van der Waals surface area contributed by atoms with Crippen LogP contribution in [0.15, 0.2) is 12.3 Å². The van der Waals surface area contributed by atoms with Gasteiger partial charge in [0.1, 0.15) is 11.3 Å². The Balaban J connectivity index is 2.34. The van der Waals surface area contributed by atoms with Crippen LogP contribution >= 0.6 is 0 Å². The molecule has 0 radical (unpaired) electrons. The molecule has 0 fully saturated rings. The number of alkyl carbamates (subject to hydrolysis) is 1. The molecule has 7 heteroatoms. The Morgan fingerprint density at radius 2 is 1.87 bits per heavy atom. The Hall–Kier alpha value is -2.18. The number of hydrogen-bond acceptors (Lipinski definition) is 4. The first-order chi connectivity index (χ1) is 10.6. The van der Waals surface area contributed by atoms with Crippen LogP contribution in [0.25, 0.3) is 0 Å². The van der Waals surface area contributed by atoms with E-state index in [9.17, 15) is 9.59 Å². The van der Waals surface area contributed by atoms with Gasteiger partial charge in [0.2, 0.25) is 0 Å². The number of carbonyl (C=O) groups excluding carboxylic acids is 2. The van der Waals surface area contributed by atoms with Crippen LogP contribution in [0.3, 0.4) is 0 Å². The minimum atomic E-state index is -0.513. The number of rotatable bonds is 6. The van der Waals surface area contributed by atoms with Gasteiger partial charge in [-0.1, -0.05) is 0 Å². The molecule has 0 aliphatic heterocycles. The first kappa shape index (κ1) is 18.9. The number of aromatic nitrogens is 1. The third-order valence-corrected chi connectivity index (χ3v) is 2.97. The molecule has 0 saturated heterocycles. The average Bonchev–Trinajstić information content (AvgIpc) is 2.78. The maximum Gasteiger partial charge on any atom is 0.407 e. The molecule has 130 valence electrons. The zero-order valence-electron chi connectivity index (χ0n) is 14.6. The van der Waals surface area contributed by atoms with Crippen LogP contribution in [0.5, 0.6) is 0 Å². The molecule has 1 aromatic heterocycles. The van der Waals surface area contributed by atoms with Crippen molar-refractivity contribution in [2.45, 2.75) is 52.7 Å². The van der Waals surface area contributed by atoms with E-state index in [4.69, 9.17) is 10.5 Å². The van der Waals surface area contributed by atoms with Gasteiger partial charge in [-0.15, -0.1) is 0 Å². The van der Waals surface area contributed by atoms with Gasteiger partial charge in [-0.25, -0.2) is 4.79 Å². The van der Waals surface area contributed by atoms with E-state index in [1.54, 1.807) is 12.3 Å². The molecule has 0 atom stereocenters. The number of nitrogen functional groups attached to an aromatic ring is 1. The lowest BCUT2D eigenvalue weighted by Crippen LogP contribution is -2.34. The standard InChI is InChI=1S/C16H28N4O3/c1-11(2)20-10-12(17)9-13(20)14(21)18-7-6-8-19-15(22)23-16(3,4)5/h9-11H,6-8,17H2,1-5H3,(H,18,21)(H,19,22). The fourth-order valence-corrected chi connectivity index (χ4v) is 2.00. The number of amides is 2. The first-order valence-electron chi connectivity index (χ1n) is 7.82. The van der Waals surface area contributed by atoms with Crippen molar-refractivity contribution < 1.29 is 14.3 Å². The number of nitrogens with two attached hydrogens (primary N) is 1. The topological polar surface area (TPSA) is 98.4 Å². The molecule has 1 heterocycles. The van der Waals surface area contributed by atoms with Crippen LogP contribution in [0.2, 0.25) is 0 Å². The van der Waals surface area contributed by atoms with Crippen molar-refractivity contribution in [1.82, 2.24) is 15.2 Å². The van der Waals surface area contributed by atoms with Crippen molar-refractivity contribution >= 4 is 17.7 Å². The van der Waals surface area contributed by atoms with Gasteiger partial charge in [-0.05, 0) is 47.1 Å². The van der Waals surface area contributed by atoms with Crippen LogP contribution in [0.4, 0.5) is 10.5 Å². The minimum Gasteiger partial charge on any atom is -0.444 e. The second-order valence-corrected chi connectivity index (χ2v) is 6.70. The monoisotopic (exact) mass is 324 g/mol. The highest BCUT2D eigenvalue weighted by Gasteiger charge is 2.16. The third-order valence-electron chi connectivity index (χ3n) is 2.97. The molecule has 0 bridgehead atoms. The van der Waals surface area contributed by atoms with Crippen molar-refractivity contribution in [3.05, 3.63) is 18.0 Å². The highest BCUT2D eigenvalue weighted by Crippen LogP contribution is 2.16. The summed E-state index contributed by atoms with van der Waals surface area (Å²) < 4.78 is 6.96. The molecule has 0 aliphatic carbocycles. The van der Waals surface area contributed by atoms with Gasteiger partial charge in [0.05, 0.1) is 5.69 Å². The summed E-state index contributed by atoms with van der Waals surface area (Å²) in [5, 5.41) is 5.47. The van der Waals surface area contributed by atoms with Crippen LogP contribution in [0, 0.1) is 0 Å². The normalized spacial score (nSPS) is 11.4. The molecular formula is C16H28N4O3. The predicted molar refractivity (Wildman–Crippen MR) is 90.4 cm³/mol. The lowest BCUT2D eigenvalue weighted by atomic mass is 10.2. The highest BCUT2D eigenvalue weighted by atomic mass is 16.6. The van der Waals surface area contributed by atoms with Crippen LogP contribution in [-0.2, 0) is 4.74 Å². The molecule has 23 heavy (non-hydrogen) atoms. The lowest BCUT2D eigenvalue weighted by Gasteiger charge is -2.19. The molecule has 0 aliphatic rings. The molecule has 4 N–H and O–H groups in total. The van der Waals surface area contributed by atoms with Crippen molar-refractivity contribution in [1.29, 1.82) is 0 Å². The summed E-state index contributed by atoms with van der Waals surface area (Å²) in [7, 11) is 0. The van der Waals surface area contributed by atoms with E-state index in [-0.39, 0.29) is 11.9 Å². The van der Waals surface area contributed by atoms with E-state index < -0.39 is 11.7 Å². The Bertz CT molecular complexity index is 544. The van der Waals surface area contributed by atoms with Gasteiger partial charge in [0.25, 0.3) is 5.91 Å². The summed E-state index contributed by atoms with van der Waals surface area (Å²) in [5.41, 5.74) is 6.34. The molecule has 7 nitrogen and oxygen atoms in total. The molecule has 0 spiro atoms. The van der Waals surface area contributed by atoms with Gasteiger partial charge in [0, 0.05) is 25.3 Å². The molecule has 0 aromatic carbocycles. The SMILES string of the molecule is CC(C)n1cc(N)cc1C(=O)NCCCNC(=O)OC(C)(C)C. The summed E-state index contributed by atoms with van der Waals surface area (Å²) in [4.78, 5) is 23.6. The summed E-state index contributed by atoms with van der Waals surface area (Å²) in [6, 6.07) is 1.82. The third kappa shape index (κ3) is 6.63. The number of carbonyl (C=O) groups is 2. The number of hydrogen-bond donors (Lipinski definition) is 3. The van der Waals surface area contributed by atoms with E-state index in [0.717, 1.165) is 0 Å². The van der Waals surface area contributed by atoms with Crippen molar-refractivity contribution in [2.75, 3.05) is 18.8 Å². The van der Waals surface area contributed by atoms with E-state index >= 15 is 0 Å². The Labute approximate surface area is 137 Å².